The van der Waals surface area contributed by atoms with Crippen molar-refractivity contribution in [3.8, 4) is 0 Å². The first kappa shape index (κ1) is 12.8. The first-order valence-corrected chi connectivity index (χ1v) is 5.34. The predicted octanol–water partition coefficient (Wildman–Crippen LogP) is 3.69. The smallest absolute Gasteiger partial charge is 0.193 e. The van der Waals surface area contributed by atoms with Crippen molar-refractivity contribution in [2.24, 2.45) is 0 Å². The highest BCUT2D eigenvalue weighted by atomic mass is 35.6. The van der Waals surface area contributed by atoms with E-state index in [1.807, 2.05) is 0 Å². The molecule has 0 spiro atoms. The Morgan fingerprint density at radius 3 is 2.25 bits per heavy atom. The normalized spacial score (nSPS) is 14.8. The molecule has 1 N–H and O–H groups in total. The lowest BCUT2D eigenvalue weighted by Crippen LogP contribution is -2.16. The zero-order valence-electron chi connectivity index (χ0n) is 7.19. The fourth-order valence-corrected chi connectivity index (χ4v) is 1.53. The van der Waals surface area contributed by atoms with E-state index in [2.05, 4.69) is 6.92 Å². The molecular formula is C8H15Cl3O. The van der Waals surface area contributed by atoms with Gasteiger partial charge in [0.05, 0.1) is 6.10 Å². The van der Waals surface area contributed by atoms with E-state index in [-0.39, 0.29) is 6.42 Å². The summed E-state index contributed by atoms with van der Waals surface area (Å²) >= 11 is 16.5. The second-order valence-electron chi connectivity index (χ2n) is 2.97. The summed E-state index contributed by atoms with van der Waals surface area (Å²) in [5, 5.41) is 9.36. The summed E-state index contributed by atoms with van der Waals surface area (Å²) < 4.78 is -1.31. The summed E-state index contributed by atoms with van der Waals surface area (Å²) in [5.41, 5.74) is 0. The molecule has 0 bridgehead atoms. The molecule has 1 unspecified atom stereocenters. The maximum atomic E-state index is 9.36. The van der Waals surface area contributed by atoms with E-state index < -0.39 is 9.90 Å². The Morgan fingerprint density at radius 2 is 1.83 bits per heavy atom. The standard InChI is InChI=1S/C8H15Cl3O/c1-2-3-4-5-7(12)6-8(9,10)11/h7,12H,2-6H2,1H3. The molecule has 0 fully saturated rings. The minimum atomic E-state index is -1.31. The van der Waals surface area contributed by atoms with Gasteiger partial charge in [-0.1, -0.05) is 61.0 Å². The Labute approximate surface area is 89.0 Å². The third kappa shape index (κ3) is 8.92. The largest absolute Gasteiger partial charge is 0.393 e. The van der Waals surface area contributed by atoms with Gasteiger partial charge in [0.15, 0.2) is 3.79 Å². The zero-order chi connectivity index (χ0) is 9.61. The molecule has 1 nitrogen and oxygen atoms in total. The van der Waals surface area contributed by atoms with Gasteiger partial charge in [-0.2, -0.15) is 0 Å². The predicted molar refractivity (Wildman–Crippen MR) is 55.1 cm³/mol. The van der Waals surface area contributed by atoms with Crippen molar-refractivity contribution in [2.45, 2.75) is 48.9 Å². The molecule has 0 saturated carbocycles. The molecule has 0 aliphatic carbocycles. The van der Waals surface area contributed by atoms with Gasteiger partial charge in [-0.15, -0.1) is 0 Å². The number of halogens is 3. The van der Waals surface area contributed by atoms with E-state index in [0.29, 0.717) is 0 Å². The van der Waals surface area contributed by atoms with Crippen LogP contribution in [0.25, 0.3) is 0 Å². The maximum absolute atomic E-state index is 9.36. The van der Waals surface area contributed by atoms with E-state index in [4.69, 9.17) is 34.8 Å². The van der Waals surface area contributed by atoms with Crippen LogP contribution in [-0.2, 0) is 0 Å². The summed E-state index contributed by atoms with van der Waals surface area (Å²) in [6, 6.07) is 0. The Bertz CT molecular complexity index is 111. The molecule has 0 aromatic rings. The Morgan fingerprint density at radius 1 is 1.25 bits per heavy atom. The minimum Gasteiger partial charge on any atom is -0.393 e. The lowest BCUT2D eigenvalue weighted by atomic mass is 10.1. The van der Waals surface area contributed by atoms with Gasteiger partial charge in [0.2, 0.25) is 0 Å². The number of hydrogen-bond donors (Lipinski definition) is 1. The number of hydrogen-bond acceptors (Lipinski definition) is 1. The highest BCUT2D eigenvalue weighted by Gasteiger charge is 2.23. The second-order valence-corrected chi connectivity index (χ2v) is 5.48. The monoisotopic (exact) mass is 232 g/mol. The van der Waals surface area contributed by atoms with Gasteiger partial charge in [0.25, 0.3) is 0 Å². The number of rotatable bonds is 5. The Kier molecular flexibility index (Phi) is 6.75. The quantitative estimate of drug-likeness (QED) is 0.567. The molecule has 0 aromatic heterocycles. The fraction of sp³-hybridized carbons (Fsp3) is 1.00. The van der Waals surface area contributed by atoms with E-state index >= 15 is 0 Å². The number of alkyl halides is 3. The maximum Gasteiger partial charge on any atom is 0.193 e. The van der Waals surface area contributed by atoms with Crippen molar-refractivity contribution in [2.75, 3.05) is 0 Å². The molecule has 0 aliphatic heterocycles. The van der Waals surface area contributed by atoms with Gasteiger partial charge in [0, 0.05) is 6.42 Å². The highest BCUT2D eigenvalue weighted by Crippen LogP contribution is 2.32. The molecule has 0 radical (unpaired) electrons. The summed E-state index contributed by atoms with van der Waals surface area (Å²) in [5.74, 6) is 0. The van der Waals surface area contributed by atoms with Crippen molar-refractivity contribution in [3.63, 3.8) is 0 Å². The molecule has 74 valence electrons. The molecule has 1 atom stereocenters. The van der Waals surface area contributed by atoms with E-state index in [9.17, 15) is 5.11 Å². The molecule has 0 rings (SSSR count). The molecular weight excluding hydrogens is 218 g/mol. The van der Waals surface area contributed by atoms with E-state index in [0.717, 1.165) is 25.7 Å². The first-order valence-electron chi connectivity index (χ1n) is 4.20. The van der Waals surface area contributed by atoms with Crippen LogP contribution in [-0.4, -0.2) is 15.0 Å². The van der Waals surface area contributed by atoms with E-state index in [1.54, 1.807) is 0 Å². The average Bonchev–Trinajstić information content (AvgIpc) is 1.84. The third-order valence-corrected chi connectivity index (χ3v) is 2.07. The average molecular weight is 234 g/mol. The number of aliphatic hydroxyl groups excluding tert-OH is 1. The van der Waals surface area contributed by atoms with E-state index in [1.165, 1.54) is 0 Å². The molecule has 0 heterocycles. The second kappa shape index (κ2) is 6.31. The Hall–Kier alpha value is 0.830. The molecule has 0 saturated heterocycles. The van der Waals surface area contributed by atoms with Crippen LogP contribution >= 0.6 is 34.8 Å². The van der Waals surface area contributed by atoms with Crippen molar-refractivity contribution in [1.82, 2.24) is 0 Å². The third-order valence-electron chi connectivity index (χ3n) is 1.61. The number of unbranched alkanes of at least 4 members (excludes halogenated alkanes) is 2. The van der Waals surface area contributed by atoms with Crippen LogP contribution < -0.4 is 0 Å². The van der Waals surface area contributed by atoms with Gasteiger partial charge in [0.1, 0.15) is 0 Å². The summed E-state index contributed by atoms with van der Waals surface area (Å²) in [4.78, 5) is 0. The molecule has 12 heavy (non-hydrogen) atoms. The first-order chi connectivity index (χ1) is 5.45. The van der Waals surface area contributed by atoms with Gasteiger partial charge in [-0.3, -0.25) is 0 Å². The molecule has 0 aromatic carbocycles. The van der Waals surface area contributed by atoms with Crippen LogP contribution in [0.15, 0.2) is 0 Å². The van der Waals surface area contributed by atoms with Gasteiger partial charge in [-0.25, -0.2) is 0 Å². The van der Waals surface area contributed by atoms with Crippen molar-refractivity contribution < 1.29 is 5.11 Å². The SMILES string of the molecule is CCCCCC(O)CC(Cl)(Cl)Cl. The van der Waals surface area contributed by atoms with Crippen LogP contribution in [0.4, 0.5) is 0 Å². The van der Waals surface area contributed by atoms with Crippen LogP contribution in [0, 0.1) is 0 Å². The molecule has 0 aliphatic rings. The van der Waals surface area contributed by atoms with Gasteiger partial charge < -0.3 is 5.11 Å². The van der Waals surface area contributed by atoms with Crippen LogP contribution in [0.3, 0.4) is 0 Å². The van der Waals surface area contributed by atoms with Crippen LogP contribution in [0.1, 0.15) is 39.0 Å². The lowest BCUT2D eigenvalue weighted by molar-refractivity contribution is 0.152. The summed E-state index contributed by atoms with van der Waals surface area (Å²) in [7, 11) is 0. The van der Waals surface area contributed by atoms with Gasteiger partial charge in [-0.05, 0) is 6.42 Å². The summed E-state index contributed by atoms with van der Waals surface area (Å²) in [6.07, 6.45) is 3.72. The van der Waals surface area contributed by atoms with Crippen LogP contribution in [0.2, 0.25) is 0 Å². The topological polar surface area (TPSA) is 20.2 Å². The van der Waals surface area contributed by atoms with Crippen molar-refractivity contribution in [1.29, 1.82) is 0 Å². The summed E-state index contributed by atoms with van der Waals surface area (Å²) in [6.45, 7) is 2.11. The highest BCUT2D eigenvalue weighted by molar-refractivity contribution is 6.67. The van der Waals surface area contributed by atoms with Crippen molar-refractivity contribution >= 4 is 34.8 Å². The zero-order valence-corrected chi connectivity index (χ0v) is 9.46. The number of aliphatic hydroxyl groups is 1. The molecule has 0 amide bonds. The van der Waals surface area contributed by atoms with Crippen LogP contribution in [0.5, 0.6) is 0 Å². The fourth-order valence-electron chi connectivity index (χ4n) is 0.999. The lowest BCUT2D eigenvalue weighted by Gasteiger charge is -2.15. The Balaban J connectivity index is 3.40. The van der Waals surface area contributed by atoms with Gasteiger partial charge >= 0.3 is 0 Å². The minimum absolute atomic E-state index is 0.224. The molecule has 4 heteroatoms. The van der Waals surface area contributed by atoms with Crippen molar-refractivity contribution in [3.05, 3.63) is 0 Å².